The van der Waals surface area contributed by atoms with Crippen LogP contribution in [-0.2, 0) is 16.1 Å². The summed E-state index contributed by atoms with van der Waals surface area (Å²) in [5.74, 6) is -0.979. The predicted octanol–water partition coefficient (Wildman–Crippen LogP) is 0.248. The van der Waals surface area contributed by atoms with Crippen LogP contribution in [0.3, 0.4) is 0 Å². The van der Waals surface area contributed by atoms with E-state index in [1.807, 2.05) is 0 Å². The highest BCUT2D eigenvalue weighted by atomic mass is 16.5. The molecule has 0 saturated heterocycles. The molecule has 2 heterocycles. The average molecular weight is 208 g/mol. The summed E-state index contributed by atoms with van der Waals surface area (Å²) in [6, 6.07) is 1.44. The molecule has 1 aliphatic rings. The third kappa shape index (κ3) is 1.94. The molecule has 0 spiro atoms. The Labute approximate surface area is 84.9 Å². The third-order valence-electron chi connectivity index (χ3n) is 1.96. The minimum Gasteiger partial charge on any atom is -0.478 e. The summed E-state index contributed by atoms with van der Waals surface area (Å²) >= 11 is 0. The van der Waals surface area contributed by atoms with E-state index >= 15 is 0 Å². The standard InChI is InChI=1S/C9H8N2O4/c12-7-4-15-3-6-1-5(9(13)14)2-10-8(6)11-7/h1-2H,3-4H2,(H,13,14)(H,10,11,12). The molecular weight excluding hydrogens is 200 g/mol. The van der Waals surface area contributed by atoms with Crippen molar-refractivity contribution in [3.05, 3.63) is 23.4 Å². The molecule has 15 heavy (non-hydrogen) atoms. The number of aromatic nitrogens is 1. The Balaban J connectivity index is 2.40. The first-order chi connectivity index (χ1) is 7.16. The second-order valence-electron chi connectivity index (χ2n) is 3.08. The van der Waals surface area contributed by atoms with Gasteiger partial charge in [0.05, 0.1) is 12.2 Å². The van der Waals surface area contributed by atoms with Crippen molar-refractivity contribution in [1.82, 2.24) is 4.98 Å². The normalized spacial score (nSPS) is 15.1. The Morgan fingerprint density at radius 1 is 1.53 bits per heavy atom. The minimum absolute atomic E-state index is 0.0429. The van der Waals surface area contributed by atoms with Crippen molar-refractivity contribution in [2.45, 2.75) is 6.61 Å². The van der Waals surface area contributed by atoms with Gasteiger partial charge in [0.15, 0.2) is 0 Å². The van der Waals surface area contributed by atoms with Crippen LogP contribution in [0.5, 0.6) is 0 Å². The summed E-state index contributed by atoms with van der Waals surface area (Å²) in [6.45, 7) is 0.140. The fourth-order valence-corrected chi connectivity index (χ4v) is 1.27. The number of nitrogens with one attached hydrogen (secondary N) is 1. The molecule has 78 valence electrons. The van der Waals surface area contributed by atoms with Gasteiger partial charge in [-0.05, 0) is 6.07 Å². The van der Waals surface area contributed by atoms with Gasteiger partial charge in [0.25, 0.3) is 5.91 Å². The number of pyridine rings is 1. The SMILES string of the molecule is O=C1COCc2cc(C(=O)O)cnc2N1. The Morgan fingerprint density at radius 2 is 2.33 bits per heavy atom. The minimum atomic E-state index is -1.05. The molecule has 1 aromatic heterocycles. The van der Waals surface area contributed by atoms with E-state index in [0.717, 1.165) is 0 Å². The first-order valence-electron chi connectivity index (χ1n) is 4.26. The third-order valence-corrected chi connectivity index (χ3v) is 1.96. The van der Waals surface area contributed by atoms with Crippen LogP contribution in [0, 0.1) is 0 Å². The second kappa shape index (κ2) is 3.66. The number of carboxylic acid groups (broad SMARTS) is 1. The lowest BCUT2D eigenvalue weighted by molar-refractivity contribution is -0.120. The van der Waals surface area contributed by atoms with Crippen LogP contribution < -0.4 is 5.32 Å². The van der Waals surface area contributed by atoms with Gasteiger partial charge in [-0.15, -0.1) is 0 Å². The highest BCUT2D eigenvalue weighted by Crippen LogP contribution is 2.17. The number of fused-ring (bicyclic) bond motifs is 1. The van der Waals surface area contributed by atoms with Gasteiger partial charge in [0.2, 0.25) is 0 Å². The van der Waals surface area contributed by atoms with Gasteiger partial charge < -0.3 is 15.2 Å². The number of aromatic carboxylic acids is 1. The molecule has 0 bridgehead atoms. The van der Waals surface area contributed by atoms with E-state index in [1.54, 1.807) is 0 Å². The highest BCUT2D eigenvalue weighted by molar-refractivity contribution is 5.93. The Morgan fingerprint density at radius 3 is 3.07 bits per heavy atom. The van der Waals surface area contributed by atoms with Gasteiger partial charge in [-0.3, -0.25) is 4.79 Å². The molecule has 6 nitrogen and oxygen atoms in total. The molecule has 1 amide bonds. The lowest BCUT2D eigenvalue weighted by Crippen LogP contribution is -2.15. The largest absolute Gasteiger partial charge is 0.478 e. The van der Waals surface area contributed by atoms with Crippen LogP contribution >= 0.6 is 0 Å². The summed E-state index contributed by atoms with van der Waals surface area (Å²) in [5, 5.41) is 11.3. The number of hydrogen-bond donors (Lipinski definition) is 2. The molecule has 0 radical (unpaired) electrons. The van der Waals surface area contributed by atoms with E-state index in [1.165, 1.54) is 12.3 Å². The number of amides is 1. The van der Waals surface area contributed by atoms with Crippen LogP contribution in [0.2, 0.25) is 0 Å². The summed E-state index contributed by atoms with van der Waals surface area (Å²) in [5.41, 5.74) is 0.647. The number of hydrogen-bond acceptors (Lipinski definition) is 4. The lowest BCUT2D eigenvalue weighted by Gasteiger charge is -2.04. The molecule has 2 N–H and O–H groups in total. The van der Waals surface area contributed by atoms with Crippen molar-refractivity contribution in [2.75, 3.05) is 11.9 Å². The number of carboxylic acids is 1. The maximum Gasteiger partial charge on any atom is 0.337 e. The highest BCUT2D eigenvalue weighted by Gasteiger charge is 2.16. The van der Waals surface area contributed by atoms with Gasteiger partial charge >= 0.3 is 5.97 Å². The molecule has 0 fully saturated rings. The molecule has 2 rings (SSSR count). The van der Waals surface area contributed by atoms with Crippen LogP contribution in [0.4, 0.5) is 5.82 Å². The topological polar surface area (TPSA) is 88.5 Å². The fourth-order valence-electron chi connectivity index (χ4n) is 1.27. The number of anilines is 1. The molecule has 6 heteroatoms. The van der Waals surface area contributed by atoms with Gasteiger partial charge in [0, 0.05) is 11.8 Å². The average Bonchev–Trinajstić information content (AvgIpc) is 2.37. The maximum absolute atomic E-state index is 11.1. The van der Waals surface area contributed by atoms with E-state index in [9.17, 15) is 9.59 Å². The van der Waals surface area contributed by atoms with E-state index in [0.29, 0.717) is 11.4 Å². The summed E-state index contributed by atoms with van der Waals surface area (Å²) in [7, 11) is 0. The zero-order valence-electron chi connectivity index (χ0n) is 7.69. The monoisotopic (exact) mass is 208 g/mol. The zero-order valence-corrected chi connectivity index (χ0v) is 7.69. The van der Waals surface area contributed by atoms with E-state index < -0.39 is 5.97 Å². The zero-order chi connectivity index (χ0) is 10.8. The molecule has 1 aromatic rings. The Bertz CT molecular complexity index is 430. The molecule has 0 atom stereocenters. The maximum atomic E-state index is 11.1. The van der Waals surface area contributed by atoms with Crippen molar-refractivity contribution in [2.24, 2.45) is 0 Å². The van der Waals surface area contributed by atoms with Gasteiger partial charge in [0.1, 0.15) is 12.4 Å². The van der Waals surface area contributed by atoms with E-state index in [2.05, 4.69) is 10.3 Å². The number of carbonyl (C=O) groups excluding carboxylic acids is 1. The molecule has 1 aliphatic heterocycles. The smallest absolute Gasteiger partial charge is 0.337 e. The predicted molar refractivity (Wildman–Crippen MR) is 49.5 cm³/mol. The van der Waals surface area contributed by atoms with E-state index in [-0.39, 0.29) is 24.7 Å². The van der Waals surface area contributed by atoms with Crippen molar-refractivity contribution in [3.8, 4) is 0 Å². The summed E-state index contributed by atoms with van der Waals surface area (Å²) < 4.78 is 5.02. The van der Waals surface area contributed by atoms with Gasteiger partial charge in [-0.25, -0.2) is 9.78 Å². The van der Waals surface area contributed by atoms with Crippen LogP contribution in [-0.4, -0.2) is 28.6 Å². The Hall–Kier alpha value is -1.95. The molecule has 0 saturated carbocycles. The van der Waals surface area contributed by atoms with Crippen molar-refractivity contribution in [3.63, 3.8) is 0 Å². The number of carbonyl (C=O) groups is 2. The van der Waals surface area contributed by atoms with Crippen LogP contribution in [0.1, 0.15) is 15.9 Å². The van der Waals surface area contributed by atoms with Crippen molar-refractivity contribution in [1.29, 1.82) is 0 Å². The molecule has 0 aromatic carbocycles. The first kappa shape index (κ1) is 9.60. The molecule has 0 unspecified atom stereocenters. The summed E-state index contributed by atoms with van der Waals surface area (Å²) in [6.07, 6.45) is 1.20. The van der Waals surface area contributed by atoms with Crippen molar-refractivity contribution >= 4 is 17.7 Å². The van der Waals surface area contributed by atoms with Gasteiger partial charge in [-0.1, -0.05) is 0 Å². The van der Waals surface area contributed by atoms with Crippen LogP contribution in [0.15, 0.2) is 12.3 Å². The van der Waals surface area contributed by atoms with Crippen molar-refractivity contribution < 1.29 is 19.4 Å². The quantitative estimate of drug-likeness (QED) is 0.690. The second-order valence-corrected chi connectivity index (χ2v) is 3.08. The number of ether oxygens (including phenoxy) is 1. The molecular formula is C9H8N2O4. The molecule has 0 aliphatic carbocycles. The number of nitrogens with zero attached hydrogens (tertiary/aromatic N) is 1. The van der Waals surface area contributed by atoms with Crippen LogP contribution in [0.25, 0.3) is 0 Å². The summed E-state index contributed by atoms with van der Waals surface area (Å²) in [4.78, 5) is 25.6. The van der Waals surface area contributed by atoms with Gasteiger partial charge in [-0.2, -0.15) is 0 Å². The van der Waals surface area contributed by atoms with E-state index in [4.69, 9.17) is 9.84 Å². The first-order valence-corrected chi connectivity index (χ1v) is 4.26. The fraction of sp³-hybridized carbons (Fsp3) is 0.222. The lowest BCUT2D eigenvalue weighted by atomic mass is 10.2. The Kier molecular flexibility index (Phi) is 2.34. The number of rotatable bonds is 1.